The van der Waals surface area contributed by atoms with Gasteiger partial charge in [-0.2, -0.15) is 0 Å². The fourth-order valence-electron chi connectivity index (χ4n) is 3.27. The van der Waals surface area contributed by atoms with Crippen LogP contribution in [-0.4, -0.2) is 54.7 Å². The van der Waals surface area contributed by atoms with Crippen LogP contribution in [0.2, 0.25) is 10.0 Å². The second-order valence-electron chi connectivity index (χ2n) is 6.91. The van der Waals surface area contributed by atoms with Gasteiger partial charge in [-0.25, -0.2) is 0 Å². The maximum Gasteiger partial charge on any atom is 0.145 e. The van der Waals surface area contributed by atoms with Crippen molar-refractivity contribution in [1.29, 1.82) is 0 Å². The van der Waals surface area contributed by atoms with Gasteiger partial charge in [-0.1, -0.05) is 52.6 Å². The van der Waals surface area contributed by atoms with Crippen molar-refractivity contribution in [3.63, 3.8) is 0 Å². The fraction of sp³-hybridized carbons (Fsp3) is 0.381. The molecular weight excluding hydrogens is 399 g/mol. The lowest BCUT2D eigenvalue weighted by Gasteiger charge is -2.26. The Morgan fingerprint density at radius 1 is 1.21 bits per heavy atom. The van der Waals surface area contributed by atoms with E-state index in [9.17, 15) is 5.11 Å². The van der Waals surface area contributed by atoms with Crippen LogP contribution in [0.25, 0.3) is 0 Å². The van der Waals surface area contributed by atoms with Crippen molar-refractivity contribution < 1.29 is 14.7 Å². The van der Waals surface area contributed by atoms with Crippen LogP contribution >= 0.6 is 23.2 Å². The van der Waals surface area contributed by atoms with Crippen molar-refractivity contribution in [2.75, 3.05) is 26.8 Å². The van der Waals surface area contributed by atoms with Gasteiger partial charge < -0.3 is 14.7 Å². The van der Waals surface area contributed by atoms with E-state index < -0.39 is 6.10 Å². The molecule has 1 heterocycles. The highest BCUT2D eigenvalue weighted by Gasteiger charge is 2.25. The minimum absolute atomic E-state index is 0.0837. The van der Waals surface area contributed by atoms with Crippen molar-refractivity contribution in [2.24, 2.45) is 5.16 Å². The molecule has 150 valence electrons. The summed E-state index contributed by atoms with van der Waals surface area (Å²) in [5.41, 5.74) is 2.99. The van der Waals surface area contributed by atoms with Crippen molar-refractivity contribution in [3.05, 3.63) is 69.7 Å². The molecule has 0 aromatic heterocycles. The largest absolute Gasteiger partial charge is 0.390 e. The van der Waals surface area contributed by atoms with E-state index in [0.29, 0.717) is 36.1 Å². The van der Waals surface area contributed by atoms with Crippen LogP contribution < -0.4 is 0 Å². The summed E-state index contributed by atoms with van der Waals surface area (Å²) in [6.45, 7) is 2.03. The normalized spacial score (nSPS) is 17.5. The monoisotopic (exact) mass is 422 g/mol. The molecule has 0 amide bonds. The van der Waals surface area contributed by atoms with E-state index in [1.807, 2.05) is 48.5 Å². The van der Waals surface area contributed by atoms with E-state index in [2.05, 4.69) is 10.1 Å². The molecule has 7 heteroatoms. The quantitative estimate of drug-likeness (QED) is 0.663. The van der Waals surface area contributed by atoms with Crippen LogP contribution in [0.4, 0.5) is 0 Å². The molecule has 0 saturated carbocycles. The van der Waals surface area contributed by atoms with E-state index in [4.69, 9.17) is 32.8 Å². The molecule has 0 spiro atoms. The average molecular weight is 423 g/mol. The smallest absolute Gasteiger partial charge is 0.145 e. The van der Waals surface area contributed by atoms with Gasteiger partial charge in [0.05, 0.1) is 18.4 Å². The van der Waals surface area contributed by atoms with Crippen molar-refractivity contribution >= 4 is 28.9 Å². The number of benzene rings is 2. The molecule has 2 aromatic carbocycles. The zero-order valence-electron chi connectivity index (χ0n) is 15.7. The Labute approximate surface area is 175 Å². The molecule has 5 nitrogen and oxygen atoms in total. The third kappa shape index (κ3) is 6.19. The molecule has 0 radical (unpaired) electrons. The second kappa shape index (κ2) is 10.2. The first kappa shape index (κ1) is 21.1. The van der Waals surface area contributed by atoms with Crippen LogP contribution in [-0.2, 0) is 16.1 Å². The summed E-state index contributed by atoms with van der Waals surface area (Å²) in [6, 6.07) is 15.3. The Morgan fingerprint density at radius 3 is 2.71 bits per heavy atom. The molecule has 1 aliphatic heterocycles. The van der Waals surface area contributed by atoms with Crippen molar-refractivity contribution in [3.8, 4) is 0 Å². The highest BCUT2D eigenvalue weighted by molar-refractivity contribution is 6.31. The average Bonchev–Trinajstić information content (AvgIpc) is 3.11. The van der Waals surface area contributed by atoms with Crippen molar-refractivity contribution in [2.45, 2.75) is 25.2 Å². The molecule has 0 saturated heterocycles. The number of oxime groups is 1. The third-order valence-electron chi connectivity index (χ3n) is 4.50. The summed E-state index contributed by atoms with van der Waals surface area (Å²) < 4.78 is 5.07. The van der Waals surface area contributed by atoms with E-state index in [1.54, 1.807) is 7.11 Å². The molecule has 0 bridgehead atoms. The predicted octanol–water partition coefficient (Wildman–Crippen LogP) is 4.00. The number of aliphatic hydroxyl groups is 1. The lowest BCUT2D eigenvalue weighted by Crippen LogP contribution is -2.39. The summed E-state index contributed by atoms with van der Waals surface area (Å²) in [5, 5.41) is 15.8. The number of ether oxygens (including phenoxy) is 1. The number of nitrogens with zero attached hydrogens (tertiary/aromatic N) is 2. The van der Waals surface area contributed by atoms with Gasteiger partial charge in [0.25, 0.3) is 0 Å². The lowest BCUT2D eigenvalue weighted by atomic mass is 10.0. The van der Waals surface area contributed by atoms with Crippen molar-refractivity contribution in [1.82, 2.24) is 4.90 Å². The molecule has 28 heavy (non-hydrogen) atoms. The number of rotatable bonds is 9. The highest BCUT2D eigenvalue weighted by Crippen LogP contribution is 2.21. The minimum Gasteiger partial charge on any atom is -0.390 e. The van der Waals surface area contributed by atoms with Gasteiger partial charge in [-0.15, -0.1) is 0 Å². The summed E-state index contributed by atoms with van der Waals surface area (Å²) in [6.07, 6.45) is 0.0375. The maximum atomic E-state index is 10.2. The van der Waals surface area contributed by atoms with Gasteiger partial charge in [0.2, 0.25) is 0 Å². The van der Waals surface area contributed by atoms with E-state index in [0.717, 1.165) is 16.8 Å². The predicted molar refractivity (Wildman–Crippen MR) is 112 cm³/mol. The molecular formula is C21H24Cl2N2O3. The van der Waals surface area contributed by atoms with Crippen LogP contribution in [0.5, 0.6) is 0 Å². The molecule has 0 aliphatic carbocycles. The molecule has 0 fully saturated rings. The topological polar surface area (TPSA) is 54.3 Å². The first-order valence-corrected chi connectivity index (χ1v) is 9.91. The van der Waals surface area contributed by atoms with Gasteiger partial charge in [0, 0.05) is 43.2 Å². The van der Waals surface area contributed by atoms with Gasteiger partial charge in [-0.05, 0) is 35.4 Å². The van der Waals surface area contributed by atoms with Crippen LogP contribution in [0, 0.1) is 0 Å². The van der Waals surface area contributed by atoms with Crippen LogP contribution in [0.1, 0.15) is 17.5 Å². The zero-order valence-corrected chi connectivity index (χ0v) is 17.2. The molecule has 2 atom stereocenters. The van der Waals surface area contributed by atoms with E-state index in [-0.39, 0.29) is 12.7 Å². The minimum atomic E-state index is -0.581. The molecule has 1 N–H and O–H groups in total. The highest BCUT2D eigenvalue weighted by atomic mass is 35.5. The van der Waals surface area contributed by atoms with Gasteiger partial charge in [0.15, 0.2) is 0 Å². The summed E-state index contributed by atoms with van der Waals surface area (Å²) in [4.78, 5) is 7.80. The Hall–Kier alpha value is -1.63. The SMILES string of the molecule is COC[C@H](O)CN(Cc1cccc(Cl)c1)C[C@@H]1CC(c2ccc(Cl)cc2)=NO1. The van der Waals surface area contributed by atoms with Crippen LogP contribution in [0.15, 0.2) is 53.7 Å². The first-order valence-electron chi connectivity index (χ1n) is 9.16. The fourth-order valence-corrected chi connectivity index (χ4v) is 3.61. The Balaban J connectivity index is 1.63. The van der Waals surface area contributed by atoms with Gasteiger partial charge in [0.1, 0.15) is 6.10 Å². The van der Waals surface area contributed by atoms with E-state index in [1.165, 1.54) is 0 Å². The zero-order chi connectivity index (χ0) is 19.9. The number of methoxy groups -OCH3 is 1. The Morgan fingerprint density at radius 2 is 2.00 bits per heavy atom. The molecule has 2 aromatic rings. The molecule has 3 rings (SSSR count). The number of hydrogen-bond acceptors (Lipinski definition) is 5. The lowest BCUT2D eigenvalue weighted by molar-refractivity contribution is 0.00922. The first-order chi connectivity index (χ1) is 13.5. The number of halogens is 2. The number of hydrogen-bond donors (Lipinski definition) is 1. The Bertz CT molecular complexity index is 798. The van der Waals surface area contributed by atoms with E-state index >= 15 is 0 Å². The van der Waals surface area contributed by atoms with Gasteiger partial charge in [-0.3, -0.25) is 4.90 Å². The summed E-state index contributed by atoms with van der Waals surface area (Å²) in [5.74, 6) is 0. The summed E-state index contributed by atoms with van der Waals surface area (Å²) >= 11 is 12.1. The Kier molecular flexibility index (Phi) is 7.71. The summed E-state index contributed by atoms with van der Waals surface area (Å²) in [7, 11) is 1.58. The second-order valence-corrected chi connectivity index (χ2v) is 7.78. The van der Waals surface area contributed by atoms with Crippen LogP contribution in [0.3, 0.4) is 0 Å². The van der Waals surface area contributed by atoms with Gasteiger partial charge >= 0.3 is 0 Å². The standard InChI is InChI=1S/C21H24Cl2N2O3/c1-27-14-19(26)12-25(11-15-3-2-4-18(23)9-15)13-20-10-21(24-28-20)16-5-7-17(22)8-6-16/h2-9,19-20,26H,10-14H2,1H3/t19-,20+/m1/s1. The third-order valence-corrected chi connectivity index (χ3v) is 4.98. The number of aliphatic hydroxyl groups excluding tert-OH is 1. The molecule has 1 aliphatic rings. The molecule has 0 unspecified atom stereocenters. The maximum absolute atomic E-state index is 10.2.